The molecule has 0 saturated heterocycles. The van der Waals surface area contributed by atoms with Crippen LogP contribution in [0.1, 0.15) is 38.7 Å². The second-order valence-corrected chi connectivity index (χ2v) is 9.00. The van der Waals surface area contributed by atoms with Crippen molar-refractivity contribution in [3.8, 4) is 0 Å². The van der Waals surface area contributed by atoms with Gasteiger partial charge in [-0.05, 0) is 49.9 Å². The maximum Gasteiger partial charge on any atom is 0.227 e. The van der Waals surface area contributed by atoms with Crippen LogP contribution in [0, 0.1) is 5.92 Å². The lowest BCUT2D eigenvalue weighted by atomic mass is 10.1. The van der Waals surface area contributed by atoms with E-state index in [1.54, 1.807) is 0 Å². The summed E-state index contributed by atoms with van der Waals surface area (Å²) >= 11 is 0. The summed E-state index contributed by atoms with van der Waals surface area (Å²) in [7, 11) is 0.523. The predicted molar refractivity (Wildman–Crippen MR) is 102 cm³/mol. The first kappa shape index (κ1) is 19.7. The van der Waals surface area contributed by atoms with Gasteiger partial charge in [0.2, 0.25) is 15.9 Å². The molecule has 0 unspecified atom stereocenters. The third-order valence-electron chi connectivity index (χ3n) is 4.61. The van der Waals surface area contributed by atoms with Gasteiger partial charge in [-0.3, -0.25) is 4.79 Å². The summed E-state index contributed by atoms with van der Waals surface area (Å²) in [5.41, 5.74) is 2.54. The van der Waals surface area contributed by atoms with E-state index in [1.807, 2.05) is 51.0 Å². The van der Waals surface area contributed by atoms with Crippen molar-refractivity contribution in [3.63, 3.8) is 0 Å². The number of nitrogens with one attached hydrogen (secondary N) is 1. The lowest BCUT2D eigenvalue weighted by Crippen LogP contribution is -2.37. The maximum atomic E-state index is 12.2. The van der Waals surface area contributed by atoms with Crippen molar-refractivity contribution in [2.24, 2.45) is 5.92 Å². The smallest absolute Gasteiger partial charge is 0.227 e. The molecule has 140 valence electrons. The molecular weight excluding hydrogens is 338 g/mol. The summed E-state index contributed by atoms with van der Waals surface area (Å²) in [6, 6.07) is 5.59. The Hall–Kier alpha value is -1.60. The summed E-state index contributed by atoms with van der Waals surface area (Å²) in [6.07, 6.45) is 3.88. The number of rotatable bonds is 8. The Kier molecular flexibility index (Phi) is 6.11. The molecule has 1 fully saturated rings. The summed E-state index contributed by atoms with van der Waals surface area (Å²) in [5.74, 6) is 0.176. The Labute approximate surface area is 151 Å². The quantitative estimate of drug-likeness (QED) is 0.767. The number of benzene rings is 1. The van der Waals surface area contributed by atoms with Crippen molar-refractivity contribution in [1.82, 2.24) is 4.31 Å². The molecule has 1 saturated carbocycles. The molecule has 1 N–H and O–H groups in total. The zero-order valence-corrected chi connectivity index (χ0v) is 16.6. The lowest BCUT2D eigenvalue weighted by molar-refractivity contribution is -0.117. The van der Waals surface area contributed by atoms with E-state index in [2.05, 4.69) is 5.32 Å². The predicted octanol–water partition coefficient (Wildman–Crippen LogP) is 2.66. The highest BCUT2D eigenvalue weighted by Crippen LogP contribution is 2.31. The Bertz CT molecular complexity index is 727. The van der Waals surface area contributed by atoms with Crippen molar-refractivity contribution in [3.05, 3.63) is 23.8 Å². The minimum absolute atomic E-state index is 0.0467. The number of carbonyl (C=O) groups is 1. The number of hydrogen-bond acceptors (Lipinski definition) is 4. The van der Waals surface area contributed by atoms with E-state index in [9.17, 15) is 13.2 Å². The number of hydrogen-bond donors (Lipinski definition) is 1. The Balaban J connectivity index is 2.32. The minimum atomic E-state index is -3.33. The number of anilines is 2. The summed E-state index contributed by atoms with van der Waals surface area (Å²) in [4.78, 5) is 14.0. The van der Waals surface area contributed by atoms with E-state index in [4.69, 9.17) is 0 Å². The van der Waals surface area contributed by atoms with E-state index >= 15 is 0 Å². The van der Waals surface area contributed by atoms with Crippen molar-refractivity contribution in [2.75, 3.05) is 30.6 Å². The van der Waals surface area contributed by atoms with Crippen molar-refractivity contribution >= 4 is 27.3 Å². The monoisotopic (exact) mass is 367 g/mol. The van der Waals surface area contributed by atoms with Crippen LogP contribution in [0.15, 0.2) is 18.2 Å². The number of sulfonamides is 1. The molecular formula is C18H29N3O3S. The number of amides is 1. The van der Waals surface area contributed by atoms with Gasteiger partial charge in [0.05, 0.1) is 6.26 Å². The van der Waals surface area contributed by atoms with Gasteiger partial charge in [0.1, 0.15) is 0 Å². The molecule has 0 aliphatic heterocycles. The standard InChI is InChI=1S/C18H29N3O3S/c1-6-13(2)21(25(5,23)24)12-15-11-16(9-10-17(15)20(3)4)19-18(22)14-7-8-14/h9-11,13-14H,6-8,12H2,1-5H3,(H,19,22)/t13-/m0/s1. The van der Waals surface area contributed by atoms with Gasteiger partial charge >= 0.3 is 0 Å². The summed E-state index contributed by atoms with van der Waals surface area (Å²) < 4.78 is 26.0. The van der Waals surface area contributed by atoms with Gasteiger partial charge in [0.25, 0.3) is 0 Å². The van der Waals surface area contributed by atoms with E-state index in [0.717, 1.165) is 36.2 Å². The second-order valence-electron chi connectivity index (χ2n) is 7.07. The number of carbonyl (C=O) groups excluding carboxylic acids is 1. The van der Waals surface area contributed by atoms with Gasteiger partial charge in [-0.15, -0.1) is 0 Å². The van der Waals surface area contributed by atoms with Crippen LogP contribution in [0.4, 0.5) is 11.4 Å². The molecule has 1 aliphatic carbocycles. The van der Waals surface area contributed by atoms with Crippen molar-refractivity contribution in [1.29, 1.82) is 0 Å². The van der Waals surface area contributed by atoms with E-state index < -0.39 is 10.0 Å². The molecule has 6 nitrogen and oxygen atoms in total. The fourth-order valence-electron chi connectivity index (χ4n) is 2.79. The van der Waals surface area contributed by atoms with Gasteiger partial charge in [-0.1, -0.05) is 6.92 Å². The third kappa shape index (κ3) is 5.19. The van der Waals surface area contributed by atoms with Crippen LogP contribution >= 0.6 is 0 Å². The average molecular weight is 368 g/mol. The third-order valence-corrected chi connectivity index (χ3v) is 5.95. The summed E-state index contributed by atoms with van der Waals surface area (Å²) in [6.45, 7) is 4.17. The molecule has 1 aliphatic rings. The molecule has 1 aromatic rings. The van der Waals surface area contributed by atoms with Crippen LogP contribution in [0.5, 0.6) is 0 Å². The normalized spacial score (nSPS) is 15.9. The SMILES string of the molecule is CC[C@H](C)N(Cc1cc(NC(=O)C2CC2)ccc1N(C)C)S(C)(=O)=O. The van der Waals surface area contributed by atoms with Crippen molar-refractivity contribution in [2.45, 2.75) is 45.7 Å². The molecule has 1 atom stereocenters. The Morgan fingerprint density at radius 2 is 1.96 bits per heavy atom. The first-order valence-corrected chi connectivity index (χ1v) is 10.6. The minimum Gasteiger partial charge on any atom is -0.377 e. The van der Waals surface area contributed by atoms with Crippen LogP contribution < -0.4 is 10.2 Å². The molecule has 7 heteroatoms. The van der Waals surface area contributed by atoms with Gasteiger partial charge in [0.15, 0.2) is 0 Å². The molecule has 1 amide bonds. The highest BCUT2D eigenvalue weighted by molar-refractivity contribution is 7.88. The highest BCUT2D eigenvalue weighted by atomic mass is 32.2. The van der Waals surface area contributed by atoms with Crippen molar-refractivity contribution < 1.29 is 13.2 Å². The highest BCUT2D eigenvalue weighted by Gasteiger charge is 2.30. The average Bonchev–Trinajstić information content (AvgIpc) is 3.35. The fraction of sp³-hybridized carbons (Fsp3) is 0.611. The molecule has 25 heavy (non-hydrogen) atoms. The van der Waals surface area contributed by atoms with Crippen LogP contribution in [0.2, 0.25) is 0 Å². The molecule has 1 aromatic carbocycles. The van der Waals surface area contributed by atoms with E-state index in [-0.39, 0.29) is 24.4 Å². The number of nitrogens with zero attached hydrogens (tertiary/aromatic N) is 2. The molecule has 0 spiro atoms. The fourth-order valence-corrected chi connectivity index (χ4v) is 3.96. The van der Waals surface area contributed by atoms with Crippen LogP contribution in [-0.4, -0.2) is 45.0 Å². The summed E-state index contributed by atoms with van der Waals surface area (Å²) in [5, 5.41) is 2.94. The van der Waals surface area contributed by atoms with Gasteiger partial charge in [0, 0.05) is 44.0 Å². The molecule has 0 radical (unpaired) electrons. The molecule has 0 bridgehead atoms. The zero-order chi connectivity index (χ0) is 18.8. The zero-order valence-electron chi connectivity index (χ0n) is 15.7. The Morgan fingerprint density at radius 3 is 2.44 bits per heavy atom. The largest absolute Gasteiger partial charge is 0.377 e. The van der Waals surface area contributed by atoms with Gasteiger partial charge in [-0.2, -0.15) is 4.31 Å². The second kappa shape index (κ2) is 7.74. The molecule has 2 rings (SSSR count). The topological polar surface area (TPSA) is 69.7 Å². The van der Waals surface area contributed by atoms with E-state index in [1.165, 1.54) is 10.6 Å². The molecule has 0 aromatic heterocycles. The first-order chi connectivity index (χ1) is 11.6. The van der Waals surface area contributed by atoms with Gasteiger partial charge in [-0.25, -0.2) is 8.42 Å². The lowest BCUT2D eigenvalue weighted by Gasteiger charge is -2.28. The van der Waals surface area contributed by atoms with Gasteiger partial charge < -0.3 is 10.2 Å². The maximum absolute atomic E-state index is 12.2. The molecule has 0 heterocycles. The Morgan fingerprint density at radius 1 is 1.32 bits per heavy atom. The van der Waals surface area contributed by atoms with Crippen LogP contribution in [0.25, 0.3) is 0 Å². The first-order valence-electron chi connectivity index (χ1n) is 8.71. The van der Waals surface area contributed by atoms with E-state index in [0.29, 0.717) is 0 Å². The van der Waals surface area contributed by atoms with Crippen LogP contribution in [0.3, 0.4) is 0 Å². The van der Waals surface area contributed by atoms with Crippen LogP contribution in [-0.2, 0) is 21.4 Å².